The lowest BCUT2D eigenvalue weighted by Crippen LogP contribution is -2.57. The molecule has 1 aliphatic heterocycles. The van der Waals surface area contributed by atoms with Crippen LogP contribution in [0, 0.1) is 17.8 Å². The van der Waals surface area contributed by atoms with Gasteiger partial charge in [0.2, 0.25) is 5.91 Å². The summed E-state index contributed by atoms with van der Waals surface area (Å²) in [6.45, 7) is 5.01. The van der Waals surface area contributed by atoms with E-state index in [1.54, 1.807) is 0 Å². The van der Waals surface area contributed by atoms with Crippen LogP contribution in [0.15, 0.2) is 0 Å². The molecular weight excluding hydrogens is 297 g/mol. The van der Waals surface area contributed by atoms with Crippen molar-refractivity contribution >= 4 is 30.7 Å². The van der Waals surface area contributed by atoms with E-state index in [1.807, 2.05) is 0 Å². The number of nitrogens with two attached hydrogens (primary N) is 1. The van der Waals surface area contributed by atoms with E-state index in [4.69, 9.17) is 5.73 Å². The molecule has 0 aromatic heterocycles. The molecule has 5 atom stereocenters. The molecule has 3 fully saturated rings. The molecule has 3 rings (SSSR count). The summed E-state index contributed by atoms with van der Waals surface area (Å²) in [6, 6.07) is 0.464. The number of carbonyl (C=O) groups is 1. The number of hydrogen-bond donors (Lipinski definition) is 1. The Labute approximate surface area is 134 Å². The topological polar surface area (TPSA) is 49.6 Å². The summed E-state index contributed by atoms with van der Waals surface area (Å²) in [5.74, 6) is 1.65. The van der Waals surface area contributed by atoms with Crippen LogP contribution in [0.3, 0.4) is 0 Å². The Morgan fingerprint density at radius 1 is 1.15 bits per heavy atom. The first-order valence-corrected chi connectivity index (χ1v) is 7.32. The quantitative estimate of drug-likeness (QED) is 0.792. The Morgan fingerprint density at radius 3 is 2.35 bits per heavy atom. The van der Waals surface area contributed by atoms with Crippen LogP contribution in [0.2, 0.25) is 0 Å². The molecule has 2 aliphatic carbocycles. The molecule has 0 aromatic carbocycles. The fourth-order valence-electron chi connectivity index (χ4n) is 4.36. The van der Waals surface area contributed by atoms with Gasteiger partial charge in [0.1, 0.15) is 0 Å². The molecule has 1 saturated heterocycles. The molecule has 4 nitrogen and oxygen atoms in total. The van der Waals surface area contributed by atoms with Crippen LogP contribution in [-0.2, 0) is 4.79 Å². The summed E-state index contributed by atoms with van der Waals surface area (Å²) in [5, 5.41) is 0. The average Bonchev–Trinajstić information content (AvgIpc) is 2.88. The van der Waals surface area contributed by atoms with E-state index in [1.165, 1.54) is 19.3 Å². The van der Waals surface area contributed by atoms with Gasteiger partial charge in [0.05, 0.1) is 5.92 Å². The minimum absolute atomic E-state index is 0. The molecule has 1 heterocycles. The highest BCUT2D eigenvalue weighted by atomic mass is 35.5. The van der Waals surface area contributed by atoms with E-state index in [0.29, 0.717) is 23.8 Å². The van der Waals surface area contributed by atoms with Crippen LogP contribution in [0.1, 0.15) is 26.2 Å². The van der Waals surface area contributed by atoms with Gasteiger partial charge < -0.3 is 15.5 Å². The molecular formula is C14H27Cl2N3O. The average molecular weight is 324 g/mol. The Hall–Kier alpha value is -0.0300. The van der Waals surface area contributed by atoms with E-state index in [9.17, 15) is 4.79 Å². The van der Waals surface area contributed by atoms with Gasteiger partial charge in [-0.25, -0.2) is 0 Å². The molecule has 2 N–H and O–H groups in total. The van der Waals surface area contributed by atoms with Gasteiger partial charge >= 0.3 is 0 Å². The molecule has 118 valence electrons. The normalized spacial score (nSPS) is 40.1. The third-order valence-electron chi connectivity index (χ3n) is 5.38. The zero-order valence-corrected chi connectivity index (χ0v) is 14.0. The first-order chi connectivity index (χ1) is 8.58. The lowest BCUT2D eigenvalue weighted by atomic mass is 9.83. The van der Waals surface area contributed by atoms with Gasteiger partial charge in [-0.3, -0.25) is 4.79 Å². The van der Waals surface area contributed by atoms with Crippen LogP contribution < -0.4 is 5.73 Å². The predicted molar refractivity (Wildman–Crippen MR) is 85.5 cm³/mol. The second-order valence-corrected chi connectivity index (χ2v) is 6.58. The lowest BCUT2D eigenvalue weighted by Gasteiger charge is -2.41. The maximum atomic E-state index is 12.7. The van der Waals surface area contributed by atoms with Crippen molar-refractivity contribution in [2.24, 2.45) is 23.5 Å². The summed E-state index contributed by atoms with van der Waals surface area (Å²) in [6.07, 6.45) is 3.66. The highest BCUT2D eigenvalue weighted by molar-refractivity contribution is 5.85. The SMILES string of the molecule is CC1CN(C)CCN1C(=O)C1C2CCC(C2)C1N.Cl.Cl. The molecule has 20 heavy (non-hydrogen) atoms. The maximum Gasteiger partial charge on any atom is 0.227 e. The van der Waals surface area contributed by atoms with Gasteiger partial charge in [0.15, 0.2) is 0 Å². The fraction of sp³-hybridized carbons (Fsp3) is 0.929. The van der Waals surface area contributed by atoms with Crippen molar-refractivity contribution < 1.29 is 4.79 Å². The number of nitrogens with zero attached hydrogens (tertiary/aromatic N) is 2. The van der Waals surface area contributed by atoms with Crippen molar-refractivity contribution in [3.63, 3.8) is 0 Å². The number of carbonyl (C=O) groups excluding carboxylic acids is 1. The van der Waals surface area contributed by atoms with E-state index in [0.717, 1.165) is 19.6 Å². The maximum absolute atomic E-state index is 12.7. The molecule has 0 radical (unpaired) electrons. The summed E-state index contributed by atoms with van der Waals surface area (Å²) in [5.41, 5.74) is 6.29. The van der Waals surface area contributed by atoms with Gasteiger partial charge in [0.25, 0.3) is 0 Å². The summed E-state index contributed by atoms with van der Waals surface area (Å²) in [7, 11) is 2.13. The van der Waals surface area contributed by atoms with Crippen molar-refractivity contribution in [1.82, 2.24) is 9.80 Å². The molecule has 5 unspecified atom stereocenters. The van der Waals surface area contributed by atoms with Crippen LogP contribution in [0.5, 0.6) is 0 Å². The van der Waals surface area contributed by atoms with E-state index in [-0.39, 0.29) is 36.8 Å². The lowest BCUT2D eigenvalue weighted by molar-refractivity contribution is -0.142. The molecule has 2 bridgehead atoms. The Morgan fingerprint density at radius 2 is 1.80 bits per heavy atom. The van der Waals surface area contributed by atoms with Gasteiger partial charge in [0, 0.05) is 31.7 Å². The van der Waals surface area contributed by atoms with Crippen molar-refractivity contribution in [2.45, 2.75) is 38.3 Å². The number of rotatable bonds is 1. The molecule has 0 aromatic rings. The van der Waals surface area contributed by atoms with Crippen molar-refractivity contribution in [1.29, 1.82) is 0 Å². The van der Waals surface area contributed by atoms with Gasteiger partial charge in [-0.15, -0.1) is 24.8 Å². The zero-order chi connectivity index (χ0) is 12.9. The monoisotopic (exact) mass is 323 g/mol. The van der Waals surface area contributed by atoms with E-state index in [2.05, 4.69) is 23.8 Å². The highest BCUT2D eigenvalue weighted by Crippen LogP contribution is 2.48. The number of halogens is 2. The Kier molecular flexibility index (Phi) is 6.14. The third kappa shape index (κ3) is 2.94. The Bertz CT molecular complexity index is 353. The largest absolute Gasteiger partial charge is 0.337 e. The number of amides is 1. The second kappa shape index (κ2) is 6.82. The number of hydrogen-bond acceptors (Lipinski definition) is 3. The van der Waals surface area contributed by atoms with E-state index >= 15 is 0 Å². The number of piperazine rings is 1. The smallest absolute Gasteiger partial charge is 0.227 e. The molecule has 0 spiro atoms. The number of likely N-dealkylation sites (N-methyl/N-ethyl adjacent to an activating group) is 1. The van der Waals surface area contributed by atoms with Gasteiger partial charge in [-0.05, 0) is 45.1 Å². The van der Waals surface area contributed by atoms with Crippen LogP contribution in [0.4, 0.5) is 0 Å². The number of fused-ring (bicyclic) bond motifs is 2. The summed E-state index contributed by atoms with van der Waals surface area (Å²) in [4.78, 5) is 17.1. The predicted octanol–water partition coefficient (Wildman–Crippen LogP) is 1.37. The van der Waals surface area contributed by atoms with Crippen LogP contribution in [-0.4, -0.2) is 54.5 Å². The van der Waals surface area contributed by atoms with Crippen LogP contribution >= 0.6 is 24.8 Å². The minimum Gasteiger partial charge on any atom is -0.337 e. The first kappa shape index (κ1) is 18.0. The molecule has 2 saturated carbocycles. The zero-order valence-electron chi connectivity index (χ0n) is 12.3. The molecule has 1 amide bonds. The highest BCUT2D eigenvalue weighted by Gasteiger charge is 2.50. The minimum atomic E-state index is 0. The van der Waals surface area contributed by atoms with Gasteiger partial charge in [-0.1, -0.05) is 0 Å². The first-order valence-electron chi connectivity index (χ1n) is 7.32. The van der Waals surface area contributed by atoms with Gasteiger partial charge in [-0.2, -0.15) is 0 Å². The van der Waals surface area contributed by atoms with E-state index < -0.39 is 0 Å². The van der Waals surface area contributed by atoms with Crippen molar-refractivity contribution in [2.75, 3.05) is 26.7 Å². The third-order valence-corrected chi connectivity index (χ3v) is 5.38. The molecule has 6 heteroatoms. The summed E-state index contributed by atoms with van der Waals surface area (Å²) >= 11 is 0. The van der Waals surface area contributed by atoms with Crippen LogP contribution in [0.25, 0.3) is 0 Å². The molecule has 3 aliphatic rings. The Balaban J connectivity index is 0.000001000. The fourth-order valence-corrected chi connectivity index (χ4v) is 4.36. The standard InChI is InChI=1S/C14H25N3O.2ClH/c1-9-8-16(2)5-6-17(9)14(18)12-10-3-4-11(7-10)13(12)15;;/h9-13H,3-8,15H2,1-2H3;2*1H. The van der Waals surface area contributed by atoms with Crippen molar-refractivity contribution in [3.8, 4) is 0 Å². The second-order valence-electron chi connectivity index (χ2n) is 6.58. The van der Waals surface area contributed by atoms with Crippen molar-refractivity contribution in [3.05, 3.63) is 0 Å². The summed E-state index contributed by atoms with van der Waals surface area (Å²) < 4.78 is 0.